The van der Waals surface area contributed by atoms with E-state index >= 15 is 0 Å². The van der Waals surface area contributed by atoms with E-state index < -0.39 is 10.0 Å². The summed E-state index contributed by atoms with van der Waals surface area (Å²) in [4.78, 5) is 2.39. The molecule has 0 saturated carbocycles. The molecule has 4 nitrogen and oxygen atoms in total. The number of nitrogens with one attached hydrogen (secondary N) is 1. The fourth-order valence-corrected chi connectivity index (χ4v) is 4.92. The predicted octanol–water partition coefficient (Wildman–Crippen LogP) is 3.05. The van der Waals surface area contributed by atoms with Crippen LogP contribution < -0.4 is 4.72 Å². The summed E-state index contributed by atoms with van der Waals surface area (Å²) in [6, 6.07) is 12.0. The van der Waals surface area contributed by atoms with Gasteiger partial charge < -0.3 is 0 Å². The summed E-state index contributed by atoms with van der Waals surface area (Å²) in [7, 11) is -3.27. The van der Waals surface area contributed by atoms with E-state index in [-0.39, 0.29) is 11.8 Å². The second-order valence-corrected chi connectivity index (χ2v) is 8.92. The summed E-state index contributed by atoms with van der Waals surface area (Å²) in [6.45, 7) is 2.55. The molecule has 0 aliphatic carbocycles. The van der Waals surface area contributed by atoms with Crippen molar-refractivity contribution >= 4 is 21.4 Å². The molecule has 1 aromatic carbocycles. The number of thiophene rings is 1. The van der Waals surface area contributed by atoms with Gasteiger partial charge in [-0.3, -0.25) is 4.90 Å². The summed E-state index contributed by atoms with van der Waals surface area (Å²) in [5, 5.41) is 4.18. The van der Waals surface area contributed by atoms with Crippen LogP contribution in [-0.2, 0) is 16.4 Å². The monoisotopic (exact) mass is 364 g/mol. The molecule has 0 bridgehead atoms. The molecule has 0 amide bonds. The van der Waals surface area contributed by atoms with Gasteiger partial charge in [0.15, 0.2) is 0 Å². The van der Waals surface area contributed by atoms with Crippen LogP contribution in [0.1, 0.15) is 30.0 Å². The van der Waals surface area contributed by atoms with E-state index in [1.165, 1.54) is 18.4 Å². The van der Waals surface area contributed by atoms with Crippen molar-refractivity contribution in [2.45, 2.75) is 25.3 Å². The van der Waals surface area contributed by atoms with E-state index in [1.807, 2.05) is 30.3 Å². The van der Waals surface area contributed by atoms with Crippen LogP contribution in [0, 0.1) is 0 Å². The van der Waals surface area contributed by atoms with Crippen LogP contribution in [0.3, 0.4) is 0 Å². The Kier molecular flexibility index (Phi) is 6.05. The number of hydrogen-bond donors (Lipinski definition) is 1. The number of hydrogen-bond acceptors (Lipinski definition) is 4. The van der Waals surface area contributed by atoms with E-state index in [1.54, 1.807) is 11.3 Å². The van der Waals surface area contributed by atoms with Crippen molar-refractivity contribution in [3.63, 3.8) is 0 Å². The van der Waals surface area contributed by atoms with Gasteiger partial charge in [0.05, 0.1) is 5.75 Å². The quantitative estimate of drug-likeness (QED) is 0.783. The number of sulfonamides is 1. The van der Waals surface area contributed by atoms with Gasteiger partial charge in [-0.15, -0.1) is 0 Å². The van der Waals surface area contributed by atoms with Crippen LogP contribution in [0.5, 0.6) is 0 Å². The van der Waals surface area contributed by atoms with E-state index in [0.717, 1.165) is 18.7 Å². The van der Waals surface area contributed by atoms with Crippen LogP contribution in [0.25, 0.3) is 0 Å². The van der Waals surface area contributed by atoms with Gasteiger partial charge in [-0.2, -0.15) is 11.3 Å². The van der Waals surface area contributed by atoms with Gasteiger partial charge in [0.25, 0.3) is 0 Å². The van der Waals surface area contributed by atoms with E-state index in [0.29, 0.717) is 13.0 Å². The first-order valence-corrected chi connectivity index (χ1v) is 11.0. The van der Waals surface area contributed by atoms with Crippen molar-refractivity contribution in [2.24, 2.45) is 0 Å². The minimum atomic E-state index is -3.27. The molecule has 1 saturated heterocycles. The van der Waals surface area contributed by atoms with Crippen molar-refractivity contribution in [2.75, 3.05) is 25.4 Å². The van der Waals surface area contributed by atoms with Crippen molar-refractivity contribution in [1.82, 2.24) is 9.62 Å². The van der Waals surface area contributed by atoms with Gasteiger partial charge in [-0.05, 0) is 60.3 Å². The molecule has 0 spiro atoms. The molecule has 24 heavy (non-hydrogen) atoms. The molecule has 1 atom stereocenters. The lowest BCUT2D eigenvalue weighted by molar-refractivity contribution is 0.247. The third kappa shape index (κ3) is 4.89. The Balaban J connectivity index is 1.58. The highest BCUT2D eigenvalue weighted by Crippen LogP contribution is 2.26. The maximum absolute atomic E-state index is 12.4. The minimum absolute atomic E-state index is 0.132. The fraction of sp³-hybridized carbons (Fsp3) is 0.444. The van der Waals surface area contributed by atoms with Crippen molar-refractivity contribution < 1.29 is 8.42 Å². The number of likely N-dealkylation sites (tertiary alicyclic amines) is 1. The largest absolute Gasteiger partial charge is 0.295 e. The topological polar surface area (TPSA) is 49.4 Å². The molecule has 6 heteroatoms. The Hall–Kier alpha value is -1.21. The molecule has 1 fully saturated rings. The number of benzene rings is 1. The Morgan fingerprint density at radius 1 is 1.12 bits per heavy atom. The van der Waals surface area contributed by atoms with Gasteiger partial charge in [-0.1, -0.05) is 30.3 Å². The second-order valence-electron chi connectivity index (χ2n) is 6.22. The molecule has 130 valence electrons. The first kappa shape index (κ1) is 17.6. The highest BCUT2D eigenvalue weighted by molar-refractivity contribution is 7.89. The van der Waals surface area contributed by atoms with Gasteiger partial charge >= 0.3 is 0 Å². The van der Waals surface area contributed by atoms with Gasteiger partial charge in [0.2, 0.25) is 10.0 Å². The summed E-state index contributed by atoms with van der Waals surface area (Å²) >= 11 is 1.66. The molecule has 2 aromatic rings. The molecule has 1 N–H and O–H groups in total. The zero-order valence-corrected chi connectivity index (χ0v) is 15.4. The Morgan fingerprint density at radius 3 is 2.54 bits per heavy atom. The summed E-state index contributed by atoms with van der Waals surface area (Å²) in [5.41, 5.74) is 2.27. The van der Waals surface area contributed by atoms with E-state index in [9.17, 15) is 8.42 Å². The Labute approximate surface area is 148 Å². The molecule has 2 heterocycles. The lowest BCUT2D eigenvalue weighted by atomic mass is 10.1. The lowest BCUT2D eigenvalue weighted by Crippen LogP contribution is -2.37. The average Bonchev–Trinajstić information content (AvgIpc) is 3.28. The van der Waals surface area contributed by atoms with E-state index in [2.05, 4.69) is 26.4 Å². The number of rotatable bonds is 8. The van der Waals surface area contributed by atoms with Crippen LogP contribution in [-0.4, -0.2) is 38.7 Å². The van der Waals surface area contributed by atoms with Gasteiger partial charge in [0.1, 0.15) is 0 Å². The molecular weight excluding hydrogens is 340 g/mol. The summed E-state index contributed by atoms with van der Waals surface area (Å²) < 4.78 is 27.6. The first-order chi connectivity index (χ1) is 11.6. The third-order valence-electron chi connectivity index (χ3n) is 4.51. The number of nitrogens with zero attached hydrogens (tertiary/aromatic N) is 1. The van der Waals surface area contributed by atoms with Crippen LogP contribution in [0.2, 0.25) is 0 Å². The summed E-state index contributed by atoms with van der Waals surface area (Å²) in [6.07, 6.45) is 2.94. The minimum Gasteiger partial charge on any atom is -0.295 e. The normalized spacial score (nSPS) is 17.2. The lowest BCUT2D eigenvalue weighted by Gasteiger charge is -2.27. The van der Waals surface area contributed by atoms with Crippen molar-refractivity contribution in [3.05, 3.63) is 58.3 Å². The van der Waals surface area contributed by atoms with Crippen LogP contribution in [0.4, 0.5) is 0 Å². The molecule has 1 aromatic heterocycles. The molecule has 0 radical (unpaired) electrons. The predicted molar refractivity (Wildman–Crippen MR) is 99.8 cm³/mol. The standard InChI is InChI=1S/C18H24N2O2S2/c21-24(22,13-9-16-6-2-1-3-7-16)19-14-18(17-8-12-23-15-17)20-10-4-5-11-20/h1-3,6-8,12,15,18-19H,4-5,9-11,13-14H2/t18-/m0/s1. The smallest absolute Gasteiger partial charge is 0.211 e. The zero-order valence-electron chi connectivity index (χ0n) is 13.7. The van der Waals surface area contributed by atoms with Crippen LogP contribution in [0.15, 0.2) is 47.2 Å². The molecule has 1 aliphatic rings. The fourth-order valence-electron chi connectivity index (χ4n) is 3.15. The SMILES string of the molecule is O=S(=O)(CCc1ccccc1)NC[C@@H](c1ccsc1)N1CCCC1. The van der Waals surface area contributed by atoms with Crippen LogP contribution >= 0.6 is 11.3 Å². The maximum atomic E-state index is 12.4. The molecule has 1 aliphatic heterocycles. The van der Waals surface area contributed by atoms with Gasteiger partial charge in [-0.25, -0.2) is 13.1 Å². The highest BCUT2D eigenvalue weighted by Gasteiger charge is 2.25. The number of aryl methyl sites for hydroxylation is 1. The highest BCUT2D eigenvalue weighted by atomic mass is 32.2. The van der Waals surface area contributed by atoms with Crippen molar-refractivity contribution in [3.8, 4) is 0 Å². The molecule has 3 rings (SSSR count). The molecular formula is C18H24N2O2S2. The molecule has 0 unspecified atom stereocenters. The Bertz CT molecular complexity index is 709. The first-order valence-electron chi connectivity index (χ1n) is 8.41. The van der Waals surface area contributed by atoms with E-state index in [4.69, 9.17) is 0 Å². The third-order valence-corrected chi connectivity index (χ3v) is 6.56. The average molecular weight is 365 g/mol. The zero-order chi connectivity index (χ0) is 16.8. The summed E-state index contributed by atoms with van der Waals surface area (Å²) in [5.74, 6) is 0.132. The van der Waals surface area contributed by atoms with Crippen molar-refractivity contribution in [1.29, 1.82) is 0 Å². The van der Waals surface area contributed by atoms with Gasteiger partial charge in [0, 0.05) is 12.6 Å². The maximum Gasteiger partial charge on any atom is 0.211 e. The second kappa shape index (κ2) is 8.25. The Morgan fingerprint density at radius 2 is 1.88 bits per heavy atom.